The van der Waals surface area contributed by atoms with Gasteiger partial charge in [-0.15, -0.1) is 0 Å². The van der Waals surface area contributed by atoms with E-state index in [0.29, 0.717) is 23.1 Å². The number of fused-ring (bicyclic) bond motifs is 2. The smallest absolute Gasteiger partial charge is 0.417 e. The molecule has 1 amide bonds. The highest BCUT2D eigenvalue weighted by atomic mass is 16.6. The molecule has 2 aliphatic carbocycles. The maximum atomic E-state index is 12.1. The number of amides is 1. The summed E-state index contributed by atoms with van der Waals surface area (Å²) in [7, 11) is 1.61. The molecule has 4 heteroatoms. The van der Waals surface area contributed by atoms with E-state index < -0.39 is 6.09 Å². The van der Waals surface area contributed by atoms with Crippen LogP contribution in [0.1, 0.15) is 37.2 Å². The molecule has 0 heterocycles. The van der Waals surface area contributed by atoms with Gasteiger partial charge in [0, 0.05) is 5.69 Å². The van der Waals surface area contributed by atoms with Crippen molar-refractivity contribution in [2.75, 3.05) is 12.4 Å². The van der Waals surface area contributed by atoms with Crippen LogP contribution in [-0.2, 0) is 0 Å². The Bertz CT molecular complexity index is 759. The highest BCUT2D eigenvalue weighted by Crippen LogP contribution is 2.53. The minimum atomic E-state index is -0.517. The standard InChI is InChI=1S/C21H23NO3/c1-24-20-13-16(18-12-14-7-8-15(18)11-14)9-10-19(20)25-21(23)22-17-5-3-2-4-6-17/h2-6,9-10,13-15,18H,7-8,11-12H2,1H3,(H,22,23)/t14-,15+,18-/m1/s1. The summed E-state index contributed by atoms with van der Waals surface area (Å²) in [6.07, 6.45) is 4.86. The van der Waals surface area contributed by atoms with E-state index in [1.165, 1.54) is 31.2 Å². The number of carbonyl (C=O) groups excluding carboxylic acids is 1. The lowest BCUT2D eigenvalue weighted by atomic mass is 9.83. The summed E-state index contributed by atoms with van der Waals surface area (Å²) in [6, 6.07) is 15.2. The van der Waals surface area contributed by atoms with E-state index in [-0.39, 0.29) is 0 Å². The Kier molecular flexibility index (Phi) is 4.35. The lowest BCUT2D eigenvalue weighted by molar-refractivity contribution is 0.213. The van der Waals surface area contributed by atoms with Crippen molar-refractivity contribution in [3.63, 3.8) is 0 Å². The topological polar surface area (TPSA) is 47.6 Å². The van der Waals surface area contributed by atoms with E-state index >= 15 is 0 Å². The highest BCUT2D eigenvalue weighted by Gasteiger charge is 2.40. The van der Waals surface area contributed by atoms with Gasteiger partial charge in [0.25, 0.3) is 0 Å². The van der Waals surface area contributed by atoms with Crippen LogP contribution in [0.2, 0.25) is 0 Å². The van der Waals surface area contributed by atoms with Gasteiger partial charge in [-0.05, 0) is 66.8 Å². The molecule has 2 aliphatic rings. The summed E-state index contributed by atoms with van der Waals surface area (Å²) in [5.41, 5.74) is 2.00. The minimum Gasteiger partial charge on any atom is -0.493 e. The molecule has 1 N–H and O–H groups in total. The molecule has 0 aliphatic heterocycles. The van der Waals surface area contributed by atoms with Gasteiger partial charge in [0.1, 0.15) is 0 Å². The van der Waals surface area contributed by atoms with E-state index in [1.54, 1.807) is 7.11 Å². The van der Waals surface area contributed by atoms with Crippen LogP contribution in [0.4, 0.5) is 10.5 Å². The van der Waals surface area contributed by atoms with Crippen molar-refractivity contribution in [1.82, 2.24) is 0 Å². The van der Waals surface area contributed by atoms with Gasteiger partial charge in [-0.1, -0.05) is 30.7 Å². The van der Waals surface area contributed by atoms with Crippen molar-refractivity contribution in [3.05, 3.63) is 54.1 Å². The van der Waals surface area contributed by atoms with E-state index in [4.69, 9.17) is 9.47 Å². The van der Waals surface area contributed by atoms with Gasteiger partial charge in [-0.3, -0.25) is 5.32 Å². The molecule has 4 rings (SSSR count). The Labute approximate surface area is 148 Å². The van der Waals surface area contributed by atoms with E-state index in [0.717, 1.165) is 11.8 Å². The first kappa shape index (κ1) is 16.0. The molecule has 2 saturated carbocycles. The summed E-state index contributed by atoms with van der Waals surface area (Å²) >= 11 is 0. The van der Waals surface area contributed by atoms with Gasteiger partial charge in [0.2, 0.25) is 0 Å². The number of hydrogen-bond acceptors (Lipinski definition) is 3. The highest BCUT2D eigenvalue weighted by molar-refractivity contribution is 5.86. The Hall–Kier alpha value is -2.49. The number of benzene rings is 2. The number of ether oxygens (including phenoxy) is 2. The quantitative estimate of drug-likeness (QED) is 0.833. The first-order valence-corrected chi connectivity index (χ1v) is 8.94. The number of hydrogen-bond donors (Lipinski definition) is 1. The van der Waals surface area contributed by atoms with E-state index in [9.17, 15) is 4.79 Å². The Balaban J connectivity index is 1.47. The van der Waals surface area contributed by atoms with Gasteiger partial charge >= 0.3 is 6.09 Å². The fraction of sp³-hybridized carbons (Fsp3) is 0.381. The van der Waals surface area contributed by atoms with Gasteiger partial charge in [0.15, 0.2) is 11.5 Å². The Morgan fingerprint density at radius 3 is 2.56 bits per heavy atom. The third-order valence-corrected chi connectivity index (χ3v) is 5.58. The van der Waals surface area contributed by atoms with E-state index in [2.05, 4.69) is 11.4 Å². The zero-order chi connectivity index (χ0) is 17.2. The first-order valence-electron chi connectivity index (χ1n) is 8.94. The maximum absolute atomic E-state index is 12.1. The average molecular weight is 337 g/mol. The molecule has 0 spiro atoms. The molecule has 0 unspecified atom stereocenters. The molecule has 2 aromatic rings. The number of rotatable bonds is 4. The molecule has 4 nitrogen and oxygen atoms in total. The zero-order valence-corrected chi connectivity index (χ0v) is 14.4. The molecule has 25 heavy (non-hydrogen) atoms. The maximum Gasteiger partial charge on any atom is 0.417 e. The summed E-state index contributed by atoms with van der Waals surface area (Å²) in [5.74, 6) is 3.39. The number of nitrogens with one attached hydrogen (secondary N) is 1. The van der Waals surface area contributed by atoms with Crippen molar-refractivity contribution in [1.29, 1.82) is 0 Å². The molecule has 130 valence electrons. The summed E-state index contributed by atoms with van der Waals surface area (Å²) in [6.45, 7) is 0. The summed E-state index contributed by atoms with van der Waals surface area (Å²) < 4.78 is 10.9. The number of anilines is 1. The van der Waals surface area contributed by atoms with Crippen molar-refractivity contribution < 1.29 is 14.3 Å². The van der Waals surface area contributed by atoms with Crippen LogP contribution in [0.5, 0.6) is 11.5 Å². The van der Waals surface area contributed by atoms with Crippen LogP contribution in [0.3, 0.4) is 0 Å². The summed E-state index contributed by atoms with van der Waals surface area (Å²) in [5, 5.41) is 2.72. The molecule has 2 bridgehead atoms. The lowest BCUT2D eigenvalue weighted by Crippen LogP contribution is -2.17. The monoisotopic (exact) mass is 337 g/mol. The molecule has 2 fully saturated rings. The molecule has 0 aromatic heterocycles. The minimum absolute atomic E-state index is 0.447. The van der Waals surface area contributed by atoms with Gasteiger partial charge in [0.05, 0.1) is 7.11 Å². The van der Waals surface area contributed by atoms with Crippen molar-refractivity contribution in [2.24, 2.45) is 11.8 Å². The van der Waals surface area contributed by atoms with Gasteiger partial charge in [-0.2, -0.15) is 0 Å². The second kappa shape index (κ2) is 6.79. The van der Waals surface area contributed by atoms with E-state index in [1.807, 2.05) is 42.5 Å². The van der Waals surface area contributed by atoms with Gasteiger partial charge < -0.3 is 9.47 Å². The molecule has 2 aromatic carbocycles. The van der Waals surface area contributed by atoms with Crippen LogP contribution < -0.4 is 14.8 Å². The number of para-hydroxylation sites is 1. The fourth-order valence-corrected chi connectivity index (χ4v) is 4.42. The molecular weight excluding hydrogens is 314 g/mol. The molecule has 3 atom stereocenters. The average Bonchev–Trinajstić information content (AvgIpc) is 3.26. The predicted molar refractivity (Wildman–Crippen MR) is 97.3 cm³/mol. The fourth-order valence-electron chi connectivity index (χ4n) is 4.42. The third kappa shape index (κ3) is 3.34. The Morgan fingerprint density at radius 1 is 1.04 bits per heavy atom. The van der Waals surface area contributed by atoms with Gasteiger partial charge in [-0.25, -0.2) is 4.79 Å². The predicted octanol–water partition coefficient (Wildman–Crippen LogP) is 5.21. The molecule has 0 radical (unpaired) electrons. The lowest BCUT2D eigenvalue weighted by Gasteiger charge is -2.23. The van der Waals surface area contributed by atoms with Crippen LogP contribution in [0.15, 0.2) is 48.5 Å². The second-order valence-corrected chi connectivity index (χ2v) is 7.07. The Morgan fingerprint density at radius 2 is 1.88 bits per heavy atom. The number of methoxy groups -OCH3 is 1. The van der Waals surface area contributed by atoms with Crippen molar-refractivity contribution in [2.45, 2.75) is 31.6 Å². The van der Waals surface area contributed by atoms with Crippen LogP contribution in [-0.4, -0.2) is 13.2 Å². The van der Waals surface area contributed by atoms with Crippen LogP contribution >= 0.6 is 0 Å². The SMILES string of the molecule is COc1cc([C@@H]2C[C@@H]3CC[C@H]2C3)ccc1OC(=O)Nc1ccccc1. The first-order chi connectivity index (χ1) is 12.2. The number of carbonyl (C=O) groups is 1. The molecular formula is C21H23NO3. The second-order valence-electron chi connectivity index (χ2n) is 7.07. The van der Waals surface area contributed by atoms with Crippen LogP contribution in [0.25, 0.3) is 0 Å². The van der Waals surface area contributed by atoms with Crippen molar-refractivity contribution in [3.8, 4) is 11.5 Å². The normalized spacial score (nSPS) is 24.1. The zero-order valence-electron chi connectivity index (χ0n) is 14.4. The van der Waals surface area contributed by atoms with Crippen molar-refractivity contribution >= 4 is 11.8 Å². The third-order valence-electron chi connectivity index (χ3n) is 5.58. The van der Waals surface area contributed by atoms with Crippen LogP contribution in [0, 0.1) is 11.8 Å². The summed E-state index contributed by atoms with van der Waals surface area (Å²) in [4.78, 5) is 12.1. The largest absolute Gasteiger partial charge is 0.493 e. The molecule has 0 saturated heterocycles.